The number of alkyl halides is 2. The van der Waals surface area contributed by atoms with Gasteiger partial charge in [-0.1, -0.05) is 129 Å². The van der Waals surface area contributed by atoms with E-state index in [-0.39, 0.29) is 54.4 Å². The minimum Gasteiger partial charge on any atom is -0.318 e. The summed E-state index contributed by atoms with van der Waals surface area (Å²) in [6.45, 7) is 9.26. The number of para-hydroxylation sites is 3. The minimum atomic E-state index is -3.60. The molecule has 0 fully saturated rings. The van der Waals surface area contributed by atoms with Crippen LogP contribution in [-0.4, -0.2) is 20.5 Å². The molecule has 59 heavy (non-hydrogen) atoms. The van der Waals surface area contributed by atoms with Crippen molar-refractivity contribution >= 4 is 50.6 Å². The standard InChI is InChI=1S/C51H43F2N5.Pt/c1-33-16-18-34(19-17-33)40-12-8-9-13-43(40)57-32-56(44-14-10-11-15-45(44)57)39-27-37(50(5,6)7)26-38(28-39)51(52,53)36-20-21-41-42-23-24-54-31-47(42)58(46(41)29-36)48-30-35(22-25-55-48)49(2,3)4;/h8-27,30-31H,1-7H3;/q;+2/i1D3,16D,17D,18D,19D;. The predicted octanol–water partition coefficient (Wildman–Crippen LogP) is 12.7. The molecule has 0 spiro atoms. The first-order chi connectivity index (χ1) is 30.6. The van der Waals surface area contributed by atoms with E-state index in [1.807, 2.05) is 67.8 Å². The van der Waals surface area contributed by atoms with E-state index in [9.17, 15) is 0 Å². The number of nitrogens with zero attached hydrogens (tertiary/aromatic N) is 5. The third kappa shape index (κ3) is 7.07. The number of rotatable bonds is 6. The van der Waals surface area contributed by atoms with Gasteiger partial charge in [0.25, 0.3) is 17.3 Å². The summed E-state index contributed by atoms with van der Waals surface area (Å²) in [5.41, 5.74) is 2.60. The van der Waals surface area contributed by atoms with E-state index >= 15 is 8.78 Å². The maximum Gasteiger partial charge on any atom is 2.00 e. The summed E-state index contributed by atoms with van der Waals surface area (Å²) in [5.74, 6) is -3.05. The maximum atomic E-state index is 17.5. The van der Waals surface area contributed by atoms with E-state index in [0.29, 0.717) is 39.5 Å². The zero-order valence-corrected chi connectivity index (χ0v) is 35.5. The summed E-state index contributed by atoms with van der Waals surface area (Å²) in [6, 6.07) is 33.4. The Labute approximate surface area is 368 Å². The zero-order valence-electron chi connectivity index (χ0n) is 40.2. The molecule has 0 saturated carbocycles. The van der Waals surface area contributed by atoms with Crippen LogP contribution in [0.5, 0.6) is 0 Å². The second kappa shape index (κ2) is 14.7. The van der Waals surface area contributed by atoms with Crippen LogP contribution in [0.15, 0.2) is 134 Å². The molecule has 0 atom stereocenters. The van der Waals surface area contributed by atoms with E-state index in [1.54, 1.807) is 64.1 Å². The van der Waals surface area contributed by atoms with Gasteiger partial charge in [-0.15, -0.1) is 17.0 Å². The van der Waals surface area contributed by atoms with Crippen molar-refractivity contribution in [3.05, 3.63) is 174 Å². The van der Waals surface area contributed by atoms with Gasteiger partial charge in [-0.3, -0.25) is 4.98 Å². The van der Waals surface area contributed by atoms with Gasteiger partial charge in [0.1, 0.15) is 11.5 Å². The predicted molar refractivity (Wildman–Crippen MR) is 232 cm³/mol. The Morgan fingerprint density at radius 2 is 1.41 bits per heavy atom. The summed E-state index contributed by atoms with van der Waals surface area (Å²) in [5, 5.41) is 1.54. The first-order valence-corrected chi connectivity index (χ1v) is 19.0. The molecule has 0 saturated heterocycles. The van der Waals surface area contributed by atoms with Gasteiger partial charge >= 0.3 is 27.1 Å². The summed E-state index contributed by atoms with van der Waals surface area (Å²) in [4.78, 5) is 9.06. The van der Waals surface area contributed by atoms with Crippen molar-refractivity contribution in [1.82, 2.24) is 23.7 Å². The molecule has 9 rings (SSSR count). The summed E-state index contributed by atoms with van der Waals surface area (Å²) >= 11 is 0. The molecule has 4 heterocycles. The van der Waals surface area contributed by atoms with E-state index in [0.717, 1.165) is 16.3 Å². The van der Waals surface area contributed by atoms with Gasteiger partial charge in [-0.05, 0) is 63.0 Å². The van der Waals surface area contributed by atoms with E-state index in [2.05, 4.69) is 48.9 Å². The second-order valence-electron chi connectivity index (χ2n) is 16.5. The molecule has 8 heteroatoms. The monoisotopic (exact) mass is 965 g/mol. The number of pyridine rings is 2. The topological polar surface area (TPSA) is 36.7 Å². The van der Waals surface area contributed by atoms with Crippen LogP contribution in [0.3, 0.4) is 0 Å². The van der Waals surface area contributed by atoms with Crippen LogP contribution in [0.25, 0.3) is 38.8 Å². The molecule has 0 radical (unpaired) electrons. The van der Waals surface area contributed by atoms with Crippen molar-refractivity contribution in [2.24, 2.45) is 0 Å². The first kappa shape index (κ1) is 32.0. The second-order valence-corrected chi connectivity index (χ2v) is 16.5. The molecule has 0 bridgehead atoms. The molecule has 294 valence electrons. The van der Waals surface area contributed by atoms with Crippen molar-refractivity contribution in [1.29, 1.82) is 0 Å². The summed E-state index contributed by atoms with van der Waals surface area (Å²) in [7, 11) is 0. The van der Waals surface area contributed by atoms with Crippen molar-refractivity contribution < 1.29 is 39.4 Å². The number of hydrogen-bond donors (Lipinski definition) is 0. The average molecular weight is 966 g/mol. The smallest absolute Gasteiger partial charge is 0.318 e. The molecule has 1 aliphatic heterocycles. The van der Waals surface area contributed by atoms with E-state index in [1.165, 1.54) is 12.1 Å². The molecule has 0 unspecified atom stereocenters. The van der Waals surface area contributed by atoms with Gasteiger partial charge in [0.2, 0.25) is 5.69 Å². The third-order valence-corrected chi connectivity index (χ3v) is 10.6. The van der Waals surface area contributed by atoms with Crippen LogP contribution in [0.4, 0.5) is 31.5 Å². The molecule has 5 nitrogen and oxygen atoms in total. The van der Waals surface area contributed by atoms with Crippen LogP contribution in [0.1, 0.15) is 79.0 Å². The number of benzene rings is 5. The van der Waals surface area contributed by atoms with Crippen molar-refractivity contribution in [3.8, 4) is 16.9 Å². The Morgan fingerprint density at radius 3 is 2.12 bits per heavy atom. The minimum absolute atomic E-state index is 0. The van der Waals surface area contributed by atoms with E-state index < -0.39 is 47.9 Å². The largest absolute Gasteiger partial charge is 2.00 e. The summed E-state index contributed by atoms with van der Waals surface area (Å²) in [6.07, 6.45) is 5.10. The van der Waals surface area contributed by atoms with Gasteiger partial charge in [-0.25, -0.2) is 13.8 Å². The quantitative estimate of drug-likeness (QED) is 0.123. The number of fused-ring (bicyclic) bond motifs is 4. The Morgan fingerprint density at radius 1 is 0.712 bits per heavy atom. The molecule has 3 aromatic heterocycles. The van der Waals surface area contributed by atoms with Crippen LogP contribution < -0.4 is 9.15 Å². The number of halogens is 2. The SMILES string of the molecule is [2H]c1c([2H])c(C([2H])([2H])[2H])c([2H])c([2H])c1-c1ccccc1[N+]1=C=[N+](c2[c-]c(C(F)(F)c3[c-]c4c(cc3)c3ccncc3n4-c3cc(C(C)(C)C)ccn3)cc(C(C)(C)C)c2)c2ccccc21.[Pt+2]. The Kier molecular flexibility index (Phi) is 8.01. The Bertz CT molecular complexity index is 3330. The molecule has 0 amide bonds. The molecule has 8 aromatic rings. The molecule has 5 aromatic carbocycles. The number of aromatic nitrogens is 3. The normalized spacial score (nSPS) is 14.9. The van der Waals surface area contributed by atoms with Gasteiger partial charge in [0, 0.05) is 34.7 Å². The van der Waals surface area contributed by atoms with Crippen LogP contribution in [0, 0.1) is 19.0 Å². The molecule has 0 aliphatic carbocycles. The van der Waals surface area contributed by atoms with E-state index in [4.69, 9.17) is 9.60 Å². The fraction of sp³-hybridized carbons (Fsp3) is 0.196. The van der Waals surface area contributed by atoms with Gasteiger partial charge < -0.3 is 4.57 Å². The van der Waals surface area contributed by atoms with Gasteiger partial charge in [-0.2, -0.15) is 18.2 Å². The first-order valence-electron chi connectivity index (χ1n) is 22.5. The Hall–Kier alpha value is -5.87. The maximum absolute atomic E-state index is 17.5. The summed E-state index contributed by atoms with van der Waals surface area (Å²) < 4.78 is 98.9. The van der Waals surface area contributed by atoms with Crippen LogP contribution in [-0.2, 0) is 37.8 Å². The van der Waals surface area contributed by atoms with Gasteiger partial charge in [0.05, 0.1) is 22.8 Å². The number of hydrogen-bond acceptors (Lipinski definition) is 2. The van der Waals surface area contributed by atoms with Crippen molar-refractivity contribution in [2.45, 2.75) is 65.1 Å². The fourth-order valence-corrected chi connectivity index (χ4v) is 7.38. The molecule has 0 N–H and O–H groups in total. The molecular formula is C51H43F2N5Pt+2. The van der Waals surface area contributed by atoms with Crippen molar-refractivity contribution in [3.63, 3.8) is 0 Å². The zero-order chi connectivity index (χ0) is 46.5. The molecular weight excluding hydrogens is 916 g/mol. The van der Waals surface area contributed by atoms with Crippen molar-refractivity contribution in [2.75, 3.05) is 0 Å². The fourth-order valence-electron chi connectivity index (χ4n) is 7.38. The van der Waals surface area contributed by atoms with Crippen LogP contribution >= 0.6 is 0 Å². The molecule has 1 aliphatic rings. The Balaban J connectivity index is 0.00000592. The average Bonchev–Trinajstić information content (AvgIpc) is 3.81. The van der Waals surface area contributed by atoms with Gasteiger partial charge in [0.15, 0.2) is 0 Å². The van der Waals surface area contributed by atoms with Crippen LogP contribution in [0.2, 0.25) is 0 Å². The third-order valence-electron chi connectivity index (χ3n) is 10.6.